The molecule has 9 aromatic carbocycles. The van der Waals surface area contributed by atoms with Gasteiger partial charge in [0.1, 0.15) is 74.1 Å². The lowest BCUT2D eigenvalue weighted by Gasteiger charge is -2.20. The summed E-state index contributed by atoms with van der Waals surface area (Å²) in [6.45, 7) is 1.35. The molecular weight excluding hydrogens is 777 g/mol. The highest BCUT2D eigenvalue weighted by atomic mass is 16.5. The van der Waals surface area contributed by atoms with Gasteiger partial charge in [-0.2, -0.15) is 0 Å². The molecule has 8 nitrogen and oxygen atoms in total. The molecule has 9 rings (SSSR count). The van der Waals surface area contributed by atoms with Gasteiger partial charge in [-0.15, -0.1) is 0 Å². The molecule has 0 radical (unpaired) electrons. The number of hydrogen-bond acceptors (Lipinski definition) is 8. The highest BCUT2D eigenvalue weighted by molar-refractivity contribution is 6.11. The topological polar surface area (TPSA) is 95.8 Å². The Bertz CT molecular complexity index is 2780. The molecule has 8 heteroatoms. The quantitative estimate of drug-likeness (QED) is 0.0826. The second kappa shape index (κ2) is 19.0. The van der Waals surface area contributed by atoms with Crippen LogP contribution < -0.4 is 28.4 Å². The molecule has 0 spiro atoms. The van der Waals surface area contributed by atoms with E-state index in [1.54, 1.807) is 0 Å². The van der Waals surface area contributed by atoms with E-state index in [-0.39, 0.29) is 26.4 Å². The Morgan fingerprint density at radius 2 is 0.565 bits per heavy atom. The highest BCUT2D eigenvalue weighted by Gasteiger charge is 2.21. The number of fused-ring (bicyclic) bond motifs is 4. The molecule has 0 bridgehead atoms. The zero-order valence-corrected chi connectivity index (χ0v) is 34.2. The van der Waals surface area contributed by atoms with Gasteiger partial charge in [-0.3, -0.25) is 0 Å². The minimum absolute atomic E-state index is 0.0918. The number of rotatable bonds is 18. The molecule has 0 unspecified atom stereocenters. The summed E-state index contributed by atoms with van der Waals surface area (Å²) >= 11 is 0. The molecule has 0 saturated heterocycles. The molecule has 0 saturated carbocycles. The van der Waals surface area contributed by atoms with Crippen LogP contribution in [0, 0.1) is 0 Å². The van der Waals surface area contributed by atoms with Gasteiger partial charge in [0.25, 0.3) is 0 Å². The van der Waals surface area contributed by atoms with Crippen LogP contribution in [0.4, 0.5) is 0 Å². The second-order valence-corrected chi connectivity index (χ2v) is 14.7. The van der Waals surface area contributed by atoms with Gasteiger partial charge in [0.05, 0.1) is 13.2 Å². The van der Waals surface area contributed by atoms with E-state index in [9.17, 15) is 10.2 Å². The van der Waals surface area contributed by atoms with Crippen LogP contribution in [0.5, 0.6) is 34.5 Å². The van der Waals surface area contributed by atoms with E-state index in [4.69, 9.17) is 28.4 Å². The van der Waals surface area contributed by atoms with Crippen molar-refractivity contribution >= 4 is 43.1 Å². The molecule has 0 atom stereocenters. The molecular formula is C54H46O8. The number of aliphatic hydroxyl groups is 2. The van der Waals surface area contributed by atoms with Crippen molar-refractivity contribution < 1.29 is 38.6 Å². The van der Waals surface area contributed by atoms with Crippen LogP contribution in [0.15, 0.2) is 170 Å². The maximum atomic E-state index is 9.62. The van der Waals surface area contributed by atoms with Crippen molar-refractivity contribution in [2.45, 2.75) is 0 Å². The van der Waals surface area contributed by atoms with Crippen molar-refractivity contribution in [3.05, 3.63) is 170 Å². The minimum atomic E-state index is -0.0918. The smallest absolute Gasteiger partial charge is 0.128 e. The van der Waals surface area contributed by atoms with Crippen molar-refractivity contribution in [1.29, 1.82) is 0 Å². The summed E-state index contributed by atoms with van der Waals surface area (Å²) in [4.78, 5) is 0. The molecule has 9 aromatic rings. The Hall–Kier alpha value is -7.26. The Balaban J connectivity index is 0.890. The number of aliphatic hydroxyl groups excluding tert-OH is 2. The molecule has 62 heavy (non-hydrogen) atoms. The summed E-state index contributed by atoms with van der Waals surface area (Å²) in [6.07, 6.45) is 0. The van der Waals surface area contributed by atoms with Crippen molar-refractivity contribution in [3.63, 3.8) is 0 Å². The third-order valence-electron chi connectivity index (χ3n) is 10.8. The molecule has 0 fully saturated rings. The fourth-order valence-electron chi connectivity index (χ4n) is 8.11. The standard InChI is InChI=1S/C54H46O8/c55-28-30-59-47-24-20-37-10-1-5-16-43(37)51(47)53-45-18-7-3-12-39(45)22-26-49(53)61-34-32-57-41-14-9-15-42(36-41)58-33-35-62-50-27-23-40-13-4-8-19-46(40)54(50)52-44-17-6-2-11-38(44)21-25-48(52)60-31-29-56/h1-27,36,55-56H,28-35H2. The monoisotopic (exact) mass is 822 g/mol. The van der Waals surface area contributed by atoms with Crippen LogP contribution in [0.25, 0.3) is 65.3 Å². The predicted molar refractivity (Wildman–Crippen MR) is 247 cm³/mol. The Kier molecular flexibility index (Phi) is 12.3. The second-order valence-electron chi connectivity index (χ2n) is 14.7. The molecule has 310 valence electrons. The predicted octanol–water partition coefficient (Wildman–Crippen LogP) is 11.3. The molecule has 0 aromatic heterocycles. The fraction of sp³-hybridized carbons (Fsp3) is 0.148. The van der Waals surface area contributed by atoms with E-state index in [0.717, 1.165) is 65.3 Å². The highest BCUT2D eigenvalue weighted by Crippen LogP contribution is 2.47. The van der Waals surface area contributed by atoms with E-state index < -0.39 is 0 Å². The lowest BCUT2D eigenvalue weighted by molar-refractivity contribution is 0.201. The molecule has 0 aliphatic heterocycles. The summed E-state index contributed by atoms with van der Waals surface area (Å²) in [5.41, 5.74) is 3.68. The van der Waals surface area contributed by atoms with E-state index in [1.807, 2.05) is 109 Å². The fourth-order valence-corrected chi connectivity index (χ4v) is 8.11. The summed E-state index contributed by atoms with van der Waals surface area (Å²) in [6, 6.07) is 56.6. The average molecular weight is 823 g/mol. The van der Waals surface area contributed by atoms with Gasteiger partial charge >= 0.3 is 0 Å². The van der Waals surface area contributed by atoms with Gasteiger partial charge < -0.3 is 38.6 Å². The number of hydrogen-bond donors (Lipinski definition) is 2. The molecule has 0 heterocycles. The van der Waals surface area contributed by atoms with Crippen LogP contribution >= 0.6 is 0 Å². The molecule has 0 aliphatic carbocycles. The van der Waals surface area contributed by atoms with Crippen LogP contribution in [-0.2, 0) is 0 Å². The molecule has 2 N–H and O–H groups in total. The summed E-state index contributed by atoms with van der Waals surface area (Å²) < 4.78 is 37.6. The third kappa shape index (κ3) is 8.52. The van der Waals surface area contributed by atoms with Crippen LogP contribution in [0.3, 0.4) is 0 Å². The SMILES string of the molecule is OCCOc1ccc2ccccc2c1-c1c(OCCOc2cccc(OCCOc3ccc4ccccc4c3-c3c(OCCO)ccc4ccccc34)c2)ccc2ccccc12. The van der Waals surface area contributed by atoms with E-state index in [0.29, 0.717) is 60.9 Å². The zero-order chi connectivity index (χ0) is 42.1. The van der Waals surface area contributed by atoms with Gasteiger partial charge in [0.15, 0.2) is 0 Å². The maximum Gasteiger partial charge on any atom is 0.128 e. The van der Waals surface area contributed by atoms with Gasteiger partial charge in [-0.1, -0.05) is 127 Å². The largest absolute Gasteiger partial charge is 0.491 e. The first kappa shape index (κ1) is 40.2. The van der Waals surface area contributed by atoms with Crippen molar-refractivity contribution in [2.24, 2.45) is 0 Å². The van der Waals surface area contributed by atoms with Crippen LogP contribution in [0.1, 0.15) is 0 Å². The number of ether oxygens (including phenoxy) is 6. The Morgan fingerprint density at radius 1 is 0.274 bits per heavy atom. The summed E-state index contributed by atoms with van der Waals surface area (Å²) in [5, 5.41) is 27.7. The molecule has 0 amide bonds. The maximum absolute atomic E-state index is 9.62. The first-order valence-corrected chi connectivity index (χ1v) is 20.9. The third-order valence-corrected chi connectivity index (χ3v) is 10.8. The molecule has 0 aliphatic rings. The first-order chi connectivity index (χ1) is 30.7. The van der Waals surface area contributed by atoms with E-state index in [2.05, 4.69) is 60.7 Å². The van der Waals surface area contributed by atoms with Gasteiger partial charge in [-0.05, 0) is 79.5 Å². The Labute approximate surface area is 360 Å². The lowest BCUT2D eigenvalue weighted by atomic mass is 9.92. The van der Waals surface area contributed by atoms with E-state index in [1.165, 1.54) is 0 Å². The first-order valence-electron chi connectivity index (χ1n) is 20.9. The minimum Gasteiger partial charge on any atom is -0.491 e. The number of benzene rings is 9. The van der Waals surface area contributed by atoms with Gasteiger partial charge in [-0.25, -0.2) is 0 Å². The lowest BCUT2D eigenvalue weighted by Crippen LogP contribution is -2.11. The average Bonchev–Trinajstić information content (AvgIpc) is 3.32. The zero-order valence-electron chi connectivity index (χ0n) is 34.2. The summed E-state index contributed by atoms with van der Waals surface area (Å²) in [7, 11) is 0. The van der Waals surface area contributed by atoms with Gasteiger partial charge in [0, 0.05) is 28.3 Å². The normalized spacial score (nSPS) is 11.3. The summed E-state index contributed by atoms with van der Waals surface area (Å²) in [5.74, 6) is 4.08. The Morgan fingerprint density at radius 3 is 0.887 bits per heavy atom. The van der Waals surface area contributed by atoms with Crippen molar-refractivity contribution in [2.75, 3.05) is 52.9 Å². The van der Waals surface area contributed by atoms with Crippen LogP contribution in [-0.4, -0.2) is 63.1 Å². The van der Waals surface area contributed by atoms with E-state index >= 15 is 0 Å². The van der Waals surface area contributed by atoms with Crippen molar-refractivity contribution in [3.8, 4) is 56.8 Å². The van der Waals surface area contributed by atoms with Gasteiger partial charge in [0.2, 0.25) is 0 Å². The van der Waals surface area contributed by atoms with Crippen molar-refractivity contribution in [1.82, 2.24) is 0 Å². The van der Waals surface area contributed by atoms with Crippen LogP contribution in [0.2, 0.25) is 0 Å².